The van der Waals surface area contributed by atoms with Crippen LogP contribution in [0.3, 0.4) is 0 Å². The molecule has 2 fully saturated rings. The van der Waals surface area contributed by atoms with Crippen LogP contribution in [0.4, 0.5) is 0 Å². The van der Waals surface area contributed by atoms with Gasteiger partial charge in [0.2, 0.25) is 0 Å². The van der Waals surface area contributed by atoms with E-state index in [0.29, 0.717) is 6.10 Å². The average molecular weight is 252 g/mol. The van der Waals surface area contributed by atoms with E-state index in [4.69, 9.17) is 4.74 Å². The standard InChI is InChI=1S/C13H20N2OS/c1-2-6-16-12(3-1)7-13-15-11(9-17-13)8-14-10-4-5-10/h9-10,12,14H,1-8H2. The summed E-state index contributed by atoms with van der Waals surface area (Å²) in [7, 11) is 0. The summed E-state index contributed by atoms with van der Waals surface area (Å²) in [5.41, 5.74) is 1.20. The van der Waals surface area contributed by atoms with Crippen molar-refractivity contribution in [3.8, 4) is 0 Å². The summed E-state index contributed by atoms with van der Waals surface area (Å²) in [4.78, 5) is 4.68. The molecule has 0 spiro atoms. The van der Waals surface area contributed by atoms with Crippen molar-refractivity contribution in [3.63, 3.8) is 0 Å². The van der Waals surface area contributed by atoms with Gasteiger partial charge in [0.1, 0.15) is 0 Å². The molecule has 1 atom stereocenters. The molecule has 1 saturated heterocycles. The monoisotopic (exact) mass is 252 g/mol. The zero-order chi connectivity index (χ0) is 11.5. The largest absolute Gasteiger partial charge is 0.378 e. The highest BCUT2D eigenvalue weighted by Crippen LogP contribution is 2.21. The van der Waals surface area contributed by atoms with Gasteiger partial charge in [0.25, 0.3) is 0 Å². The van der Waals surface area contributed by atoms with E-state index in [0.717, 1.165) is 25.6 Å². The van der Waals surface area contributed by atoms with Crippen LogP contribution in [0.2, 0.25) is 0 Å². The number of hydrogen-bond acceptors (Lipinski definition) is 4. The van der Waals surface area contributed by atoms with Gasteiger partial charge in [-0.25, -0.2) is 4.98 Å². The Hall–Kier alpha value is -0.450. The smallest absolute Gasteiger partial charge is 0.0954 e. The summed E-state index contributed by atoms with van der Waals surface area (Å²) in [6.07, 6.45) is 7.85. The number of ether oxygens (including phenoxy) is 1. The highest BCUT2D eigenvalue weighted by Gasteiger charge is 2.21. The lowest BCUT2D eigenvalue weighted by Gasteiger charge is -2.21. The van der Waals surface area contributed by atoms with Crippen LogP contribution in [-0.4, -0.2) is 23.7 Å². The van der Waals surface area contributed by atoms with Crippen molar-refractivity contribution >= 4 is 11.3 Å². The molecule has 1 aromatic heterocycles. The molecule has 1 aromatic rings. The van der Waals surface area contributed by atoms with Crippen LogP contribution in [0.15, 0.2) is 5.38 Å². The lowest BCUT2D eigenvalue weighted by atomic mass is 10.1. The minimum absolute atomic E-state index is 0.416. The van der Waals surface area contributed by atoms with E-state index in [-0.39, 0.29) is 0 Å². The van der Waals surface area contributed by atoms with Crippen molar-refractivity contribution in [2.24, 2.45) is 0 Å². The Morgan fingerprint density at radius 2 is 2.29 bits per heavy atom. The zero-order valence-electron chi connectivity index (χ0n) is 10.2. The van der Waals surface area contributed by atoms with Gasteiger partial charge in [0, 0.05) is 31.0 Å². The third-order valence-corrected chi connectivity index (χ3v) is 4.34. The molecule has 2 heterocycles. The minimum atomic E-state index is 0.416. The van der Waals surface area contributed by atoms with Gasteiger partial charge in [-0.1, -0.05) is 0 Å². The molecule has 1 saturated carbocycles. The van der Waals surface area contributed by atoms with Crippen LogP contribution in [0, 0.1) is 0 Å². The topological polar surface area (TPSA) is 34.1 Å². The van der Waals surface area contributed by atoms with E-state index >= 15 is 0 Å². The van der Waals surface area contributed by atoms with Gasteiger partial charge in [-0.05, 0) is 32.1 Å². The van der Waals surface area contributed by atoms with Gasteiger partial charge in [0.05, 0.1) is 16.8 Å². The Kier molecular flexibility index (Phi) is 3.74. The zero-order valence-corrected chi connectivity index (χ0v) is 11.0. The molecule has 1 aliphatic heterocycles. The fourth-order valence-corrected chi connectivity index (χ4v) is 3.08. The van der Waals surface area contributed by atoms with Crippen molar-refractivity contribution in [3.05, 3.63) is 16.1 Å². The second-order valence-electron chi connectivity index (χ2n) is 5.08. The molecule has 1 N–H and O–H groups in total. The van der Waals surface area contributed by atoms with E-state index in [9.17, 15) is 0 Å². The molecular formula is C13H20N2OS. The van der Waals surface area contributed by atoms with Crippen molar-refractivity contribution in [1.82, 2.24) is 10.3 Å². The van der Waals surface area contributed by atoms with Crippen LogP contribution in [0.5, 0.6) is 0 Å². The Bertz CT molecular complexity index is 356. The second kappa shape index (κ2) is 5.46. The van der Waals surface area contributed by atoms with Crippen LogP contribution >= 0.6 is 11.3 Å². The van der Waals surface area contributed by atoms with E-state index in [1.165, 1.54) is 42.8 Å². The predicted octanol–water partition coefficient (Wildman–Crippen LogP) is 2.51. The van der Waals surface area contributed by atoms with Crippen LogP contribution < -0.4 is 5.32 Å². The molecule has 1 aliphatic carbocycles. The molecule has 0 amide bonds. The van der Waals surface area contributed by atoms with Gasteiger partial charge in [0.15, 0.2) is 0 Å². The summed E-state index contributed by atoms with van der Waals surface area (Å²) in [5.74, 6) is 0. The van der Waals surface area contributed by atoms with Crippen molar-refractivity contribution in [2.75, 3.05) is 6.61 Å². The highest BCUT2D eigenvalue weighted by molar-refractivity contribution is 7.09. The SMILES string of the molecule is c1sc(CC2CCCCO2)nc1CNC1CC1. The molecule has 17 heavy (non-hydrogen) atoms. The number of nitrogens with one attached hydrogen (secondary N) is 1. The first-order valence-electron chi connectivity index (χ1n) is 6.68. The summed E-state index contributed by atoms with van der Waals surface area (Å²) in [5, 5.41) is 6.93. The van der Waals surface area contributed by atoms with Gasteiger partial charge in [-0.3, -0.25) is 0 Å². The molecule has 0 aromatic carbocycles. The molecule has 1 unspecified atom stereocenters. The first kappa shape index (κ1) is 11.6. The van der Waals surface area contributed by atoms with Gasteiger partial charge >= 0.3 is 0 Å². The van der Waals surface area contributed by atoms with Crippen LogP contribution in [-0.2, 0) is 17.7 Å². The number of nitrogens with zero attached hydrogens (tertiary/aromatic N) is 1. The maximum atomic E-state index is 5.75. The molecule has 0 radical (unpaired) electrons. The maximum absolute atomic E-state index is 5.75. The Balaban J connectivity index is 1.48. The van der Waals surface area contributed by atoms with E-state index in [2.05, 4.69) is 15.7 Å². The summed E-state index contributed by atoms with van der Waals surface area (Å²) in [6, 6.07) is 0.766. The molecule has 94 valence electrons. The van der Waals surface area contributed by atoms with Crippen LogP contribution in [0.1, 0.15) is 42.8 Å². The van der Waals surface area contributed by atoms with E-state index in [1.807, 2.05) is 0 Å². The lowest BCUT2D eigenvalue weighted by Crippen LogP contribution is -2.21. The third kappa shape index (κ3) is 3.50. The molecule has 0 bridgehead atoms. The fraction of sp³-hybridized carbons (Fsp3) is 0.769. The number of thiazole rings is 1. The summed E-state index contributed by atoms with van der Waals surface area (Å²) < 4.78 is 5.75. The van der Waals surface area contributed by atoms with E-state index in [1.54, 1.807) is 11.3 Å². The molecular weight excluding hydrogens is 232 g/mol. The molecule has 3 nitrogen and oxygen atoms in total. The summed E-state index contributed by atoms with van der Waals surface area (Å²) in [6.45, 7) is 1.87. The third-order valence-electron chi connectivity index (χ3n) is 3.42. The molecule has 4 heteroatoms. The number of aromatic nitrogens is 1. The quantitative estimate of drug-likeness (QED) is 0.874. The van der Waals surface area contributed by atoms with Crippen molar-refractivity contribution < 1.29 is 4.74 Å². The normalized spacial score (nSPS) is 25.1. The minimum Gasteiger partial charge on any atom is -0.378 e. The Morgan fingerprint density at radius 3 is 3.06 bits per heavy atom. The van der Waals surface area contributed by atoms with E-state index < -0.39 is 0 Å². The van der Waals surface area contributed by atoms with Crippen LogP contribution in [0.25, 0.3) is 0 Å². The molecule has 2 aliphatic rings. The van der Waals surface area contributed by atoms with Gasteiger partial charge in [-0.15, -0.1) is 11.3 Å². The highest BCUT2D eigenvalue weighted by atomic mass is 32.1. The Labute approximate surface area is 107 Å². The molecule has 3 rings (SSSR count). The van der Waals surface area contributed by atoms with Crippen molar-refractivity contribution in [2.45, 2.75) is 57.2 Å². The lowest BCUT2D eigenvalue weighted by molar-refractivity contribution is 0.0167. The van der Waals surface area contributed by atoms with Gasteiger partial charge < -0.3 is 10.1 Å². The second-order valence-corrected chi connectivity index (χ2v) is 6.02. The Morgan fingerprint density at radius 1 is 1.35 bits per heavy atom. The fourth-order valence-electron chi connectivity index (χ4n) is 2.22. The van der Waals surface area contributed by atoms with Gasteiger partial charge in [-0.2, -0.15) is 0 Å². The first-order valence-corrected chi connectivity index (χ1v) is 7.56. The first-order chi connectivity index (χ1) is 8.40. The average Bonchev–Trinajstić information content (AvgIpc) is 3.09. The number of hydrogen-bond donors (Lipinski definition) is 1. The summed E-state index contributed by atoms with van der Waals surface area (Å²) >= 11 is 1.78. The predicted molar refractivity (Wildman–Crippen MR) is 69.3 cm³/mol. The number of rotatable bonds is 5. The van der Waals surface area contributed by atoms with Crippen molar-refractivity contribution in [1.29, 1.82) is 0 Å². The maximum Gasteiger partial charge on any atom is 0.0954 e.